The zero-order valence-electron chi connectivity index (χ0n) is 12.9. The lowest BCUT2D eigenvalue weighted by Crippen LogP contribution is -2.33. The van der Waals surface area contributed by atoms with E-state index in [0.717, 1.165) is 12.8 Å². The molecule has 0 bridgehead atoms. The van der Waals surface area contributed by atoms with Crippen LogP contribution in [0.25, 0.3) is 0 Å². The van der Waals surface area contributed by atoms with Gasteiger partial charge in [0.15, 0.2) is 0 Å². The van der Waals surface area contributed by atoms with Gasteiger partial charge in [-0.1, -0.05) is 32.0 Å². The van der Waals surface area contributed by atoms with Crippen LogP contribution in [0.1, 0.15) is 39.2 Å². The average molecular weight is 289 g/mol. The molecule has 0 aromatic heterocycles. The van der Waals surface area contributed by atoms with Gasteiger partial charge < -0.3 is 10.6 Å². The van der Waals surface area contributed by atoms with E-state index in [9.17, 15) is 9.59 Å². The highest BCUT2D eigenvalue weighted by Crippen LogP contribution is 2.16. The lowest BCUT2D eigenvalue weighted by atomic mass is 10.1. The molecule has 0 radical (unpaired) electrons. The number of carbonyl (C=O) groups is 2. The Bertz CT molecular complexity index is 524. The van der Waals surface area contributed by atoms with Crippen molar-refractivity contribution in [2.24, 2.45) is 4.99 Å². The third kappa shape index (κ3) is 5.38. The number of hydrogen-bond donors (Lipinski definition) is 2. The van der Waals surface area contributed by atoms with Gasteiger partial charge in [-0.15, -0.1) is 0 Å². The van der Waals surface area contributed by atoms with Crippen LogP contribution in [-0.2, 0) is 9.59 Å². The maximum Gasteiger partial charge on any atom is 0.270 e. The fourth-order valence-corrected chi connectivity index (χ4v) is 1.81. The molecule has 114 valence electrons. The third-order valence-corrected chi connectivity index (χ3v) is 2.74. The minimum absolute atomic E-state index is 0.175. The molecule has 0 unspecified atom stereocenters. The number of benzene rings is 1. The van der Waals surface area contributed by atoms with E-state index >= 15 is 0 Å². The largest absolute Gasteiger partial charge is 0.351 e. The Hall–Kier alpha value is -2.17. The van der Waals surface area contributed by atoms with Crippen molar-refractivity contribution in [3.63, 3.8) is 0 Å². The first-order valence-electron chi connectivity index (χ1n) is 7.29. The number of anilines is 1. The maximum atomic E-state index is 12.3. The van der Waals surface area contributed by atoms with Gasteiger partial charge in [0.2, 0.25) is 5.91 Å². The number of aliphatic imine (C=N–C) groups is 1. The summed E-state index contributed by atoms with van der Waals surface area (Å²) in [4.78, 5) is 28.0. The van der Waals surface area contributed by atoms with Gasteiger partial charge in [0.25, 0.3) is 5.91 Å². The van der Waals surface area contributed by atoms with Crippen molar-refractivity contribution < 1.29 is 9.59 Å². The van der Waals surface area contributed by atoms with Gasteiger partial charge in [0, 0.05) is 25.6 Å². The van der Waals surface area contributed by atoms with Crippen molar-refractivity contribution in [1.29, 1.82) is 0 Å². The molecule has 0 fully saturated rings. The summed E-state index contributed by atoms with van der Waals surface area (Å²) in [5, 5.41) is 5.58. The lowest BCUT2D eigenvalue weighted by Gasteiger charge is -2.12. The average Bonchev–Trinajstić information content (AvgIpc) is 2.46. The van der Waals surface area contributed by atoms with Crippen LogP contribution in [0.4, 0.5) is 5.69 Å². The molecule has 2 N–H and O–H groups in total. The van der Waals surface area contributed by atoms with Crippen LogP contribution in [0.5, 0.6) is 0 Å². The number of carbonyl (C=O) groups excluding carboxylic acids is 2. The molecule has 0 atom stereocenters. The first-order chi connectivity index (χ1) is 10.1. The van der Waals surface area contributed by atoms with Gasteiger partial charge in [0.1, 0.15) is 5.71 Å². The van der Waals surface area contributed by atoms with E-state index in [-0.39, 0.29) is 11.8 Å². The van der Waals surface area contributed by atoms with E-state index in [1.165, 1.54) is 6.92 Å². The van der Waals surface area contributed by atoms with Crippen molar-refractivity contribution in [3.8, 4) is 0 Å². The van der Waals surface area contributed by atoms with Crippen molar-refractivity contribution >= 4 is 23.2 Å². The number of hydrogen-bond acceptors (Lipinski definition) is 3. The van der Waals surface area contributed by atoms with Gasteiger partial charge in [-0.2, -0.15) is 0 Å². The fourth-order valence-electron chi connectivity index (χ4n) is 1.81. The summed E-state index contributed by atoms with van der Waals surface area (Å²) in [6.45, 7) is 6.62. The predicted molar refractivity (Wildman–Crippen MR) is 85.7 cm³/mol. The number of para-hydroxylation sites is 1. The summed E-state index contributed by atoms with van der Waals surface area (Å²) in [6, 6.07) is 7.21. The van der Waals surface area contributed by atoms with Gasteiger partial charge >= 0.3 is 0 Å². The number of nitrogens with one attached hydrogen (secondary N) is 2. The minimum Gasteiger partial charge on any atom is -0.351 e. The van der Waals surface area contributed by atoms with Crippen molar-refractivity contribution in [1.82, 2.24) is 5.32 Å². The molecule has 0 aliphatic rings. The second kappa shape index (κ2) is 8.89. The van der Waals surface area contributed by atoms with Crippen LogP contribution in [0.15, 0.2) is 29.3 Å². The van der Waals surface area contributed by atoms with Gasteiger partial charge in [-0.05, 0) is 18.9 Å². The summed E-state index contributed by atoms with van der Waals surface area (Å²) in [5.41, 5.74) is 1.62. The van der Waals surface area contributed by atoms with Crippen molar-refractivity contribution in [3.05, 3.63) is 29.8 Å². The molecule has 5 heteroatoms. The van der Waals surface area contributed by atoms with Crippen molar-refractivity contribution in [2.45, 2.75) is 33.6 Å². The molecule has 21 heavy (non-hydrogen) atoms. The number of rotatable bonds is 7. The molecule has 0 heterocycles. The standard InChI is InChI=1S/C16H23N3O2/c1-4-10-17-15(16(21)18-11-5-2)13-8-6-7-9-14(13)19-12(3)20/h6-9H,4-5,10-11H2,1-3H3,(H,18,21)(H,19,20). The van der Waals surface area contributed by atoms with Gasteiger partial charge in [-0.25, -0.2) is 0 Å². The predicted octanol–water partition coefficient (Wildman–Crippen LogP) is 2.37. The molecule has 0 saturated carbocycles. The van der Waals surface area contributed by atoms with Crippen molar-refractivity contribution in [2.75, 3.05) is 18.4 Å². The molecule has 1 aromatic carbocycles. The molecule has 5 nitrogen and oxygen atoms in total. The Morgan fingerprint density at radius 1 is 1.14 bits per heavy atom. The molecule has 0 saturated heterocycles. The second-order valence-corrected chi connectivity index (χ2v) is 4.71. The van der Waals surface area contributed by atoms with Gasteiger partial charge in [-0.3, -0.25) is 14.6 Å². The molecular formula is C16H23N3O2. The Morgan fingerprint density at radius 3 is 2.48 bits per heavy atom. The Labute approximate surface area is 125 Å². The third-order valence-electron chi connectivity index (χ3n) is 2.74. The van der Waals surface area contributed by atoms with E-state index in [1.54, 1.807) is 12.1 Å². The van der Waals surface area contributed by atoms with Gasteiger partial charge in [0.05, 0.1) is 5.69 Å². The first kappa shape index (κ1) is 16.9. The van der Waals surface area contributed by atoms with E-state index in [1.807, 2.05) is 26.0 Å². The summed E-state index contributed by atoms with van der Waals surface area (Å²) < 4.78 is 0. The smallest absolute Gasteiger partial charge is 0.270 e. The molecule has 1 rings (SSSR count). The van der Waals surface area contributed by atoms with E-state index in [0.29, 0.717) is 30.1 Å². The maximum absolute atomic E-state index is 12.3. The number of amides is 2. The van der Waals surface area contributed by atoms with E-state index in [4.69, 9.17) is 0 Å². The van der Waals surface area contributed by atoms with Crippen LogP contribution in [-0.4, -0.2) is 30.6 Å². The SMILES string of the molecule is CCCN=C(C(=O)NCCC)c1ccccc1NC(C)=O. The molecular weight excluding hydrogens is 266 g/mol. The van der Waals surface area contributed by atoms with Crippen LogP contribution < -0.4 is 10.6 Å². The van der Waals surface area contributed by atoms with Crippen LogP contribution in [0, 0.1) is 0 Å². The summed E-state index contributed by atoms with van der Waals surface area (Å²) >= 11 is 0. The molecule has 0 aliphatic carbocycles. The summed E-state index contributed by atoms with van der Waals surface area (Å²) in [6.07, 6.45) is 1.72. The first-order valence-corrected chi connectivity index (χ1v) is 7.29. The Kier molecular flexibility index (Phi) is 7.15. The Morgan fingerprint density at radius 2 is 1.86 bits per heavy atom. The molecule has 1 aromatic rings. The highest BCUT2D eigenvalue weighted by atomic mass is 16.2. The zero-order chi connectivity index (χ0) is 15.7. The lowest BCUT2D eigenvalue weighted by molar-refractivity contribution is -0.115. The monoisotopic (exact) mass is 289 g/mol. The van der Waals surface area contributed by atoms with E-state index < -0.39 is 0 Å². The molecule has 0 spiro atoms. The van der Waals surface area contributed by atoms with Crippen LogP contribution in [0.2, 0.25) is 0 Å². The van der Waals surface area contributed by atoms with E-state index in [2.05, 4.69) is 15.6 Å². The quantitative estimate of drug-likeness (QED) is 0.756. The summed E-state index contributed by atoms with van der Waals surface area (Å²) in [7, 11) is 0. The highest BCUT2D eigenvalue weighted by molar-refractivity contribution is 6.46. The zero-order valence-corrected chi connectivity index (χ0v) is 12.9. The number of nitrogens with zero attached hydrogens (tertiary/aromatic N) is 1. The highest BCUT2D eigenvalue weighted by Gasteiger charge is 2.17. The Balaban J connectivity index is 3.14. The molecule has 2 amide bonds. The minimum atomic E-state index is -0.205. The normalized spacial score (nSPS) is 11.1. The topological polar surface area (TPSA) is 70.6 Å². The fraction of sp³-hybridized carbons (Fsp3) is 0.438. The van der Waals surface area contributed by atoms with Crippen LogP contribution >= 0.6 is 0 Å². The van der Waals surface area contributed by atoms with Crippen LogP contribution in [0.3, 0.4) is 0 Å². The molecule has 0 aliphatic heterocycles. The second-order valence-electron chi connectivity index (χ2n) is 4.71. The summed E-state index contributed by atoms with van der Waals surface area (Å²) in [5.74, 6) is -0.380.